The van der Waals surface area contributed by atoms with Crippen molar-refractivity contribution in [3.05, 3.63) is 99.6 Å². The van der Waals surface area contributed by atoms with E-state index in [2.05, 4.69) is 86.0 Å². The van der Waals surface area contributed by atoms with Gasteiger partial charge in [-0.1, -0.05) is 98.2 Å². The lowest BCUT2D eigenvalue weighted by Crippen LogP contribution is -2.74. The molecule has 1 aliphatic carbocycles. The molecule has 1 aromatic heterocycles. The van der Waals surface area contributed by atoms with E-state index in [-0.39, 0.29) is 53.2 Å². The van der Waals surface area contributed by atoms with E-state index >= 15 is 0 Å². The maximum atomic E-state index is 14.0. The molecule has 68 heavy (non-hydrogen) atoms. The van der Waals surface area contributed by atoms with Gasteiger partial charge < -0.3 is 35.6 Å². The Labute approximate surface area is 411 Å². The molecule has 1 saturated carbocycles. The first-order chi connectivity index (χ1) is 32.2. The highest BCUT2D eigenvalue weighted by atomic mass is 35.5. The van der Waals surface area contributed by atoms with Gasteiger partial charge in [-0.25, -0.2) is 4.98 Å². The lowest BCUT2D eigenvalue weighted by molar-refractivity contribution is -0.164. The molecule has 2 aliphatic rings. The number of benzene rings is 3. The number of hydrogen-bond acceptors (Lipinski definition) is 10. The first-order valence-electron chi connectivity index (χ1n) is 23.7. The van der Waals surface area contributed by atoms with E-state index in [0.29, 0.717) is 60.4 Å². The van der Waals surface area contributed by atoms with Crippen LogP contribution in [0.15, 0.2) is 72.2 Å². The minimum Gasteiger partial charge on any atom is -0.489 e. The molecule has 6 rings (SSSR count). The number of unbranched alkanes of at least 4 members (excludes halogenated alkanes) is 2. The van der Waals surface area contributed by atoms with Crippen LogP contribution >= 0.6 is 22.9 Å². The summed E-state index contributed by atoms with van der Waals surface area (Å²) in [7, 11) is 0. The van der Waals surface area contributed by atoms with Crippen LogP contribution in [-0.4, -0.2) is 84.0 Å². The first kappa shape index (κ1) is 51.9. The number of halogens is 1. The summed E-state index contributed by atoms with van der Waals surface area (Å²) in [4.78, 5) is 61.2. The third-order valence-corrected chi connectivity index (χ3v) is 14.4. The van der Waals surface area contributed by atoms with Crippen molar-refractivity contribution in [3.8, 4) is 22.3 Å². The average Bonchev–Trinajstić information content (AvgIpc) is 4.01. The molecule has 2 heterocycles. The lowest BCUT2D eigenvalue weighted by Gasteiger charge is -2.63. The molecule has 3 aromatic carbocycles. The van der Waals surface area contributed by atoms with Crippen molar-refractivity contribution in [1.82, 2.24) is 25.8 Å². The molecule has 0 radical (unpaired) electrons. The maximum absolute atomic E-state index is 14.0. The van der Waals surface area contributed by atoms with E-state index < -0.39 is 17.5 Å². The van der Waals surface area contributed by atoms with Crippen molar-refractivity contribution in [2.45, 2.75) is 131 Å². The summed E-state index contributed by atoms with van der Waals surface area (Å²) >= 11 is 7.87. The molecule has 4 aromatic rings. The molecule has 0 bridgehead atoms. The molecule has 4 amide bonds. The number of carbonyl (C=O) groups excluding carboxylic acids is 4. The van der Waals surface area contributed by atoms with Gasteiger partial charge in [-0.15, -0.1) is 11.3 Å². The lowest BCUT2D eigenvalue weighted by atomic mass is 9.49. The second-order valence-electron chi connectivity index (χ2n) is 20.6. The monoisotopic (exact) mass is 965 g/mol. The van der Waals surface area contributed by atoms with E-state index in [0.717, 1.165) is 53.2 Å². The Balaban J connectivity index is 0.870. The summed E-state index contributed by atoms with van der Waals surface area (Å²) in [6.45, 7) is 20.0. The standard InChI is InChI=1S/C53H68ClN7O6S/c1-33(2)43-44(68-32-58-43)35-17-15-34(16-18-35)30-57-47(64)41-14-13-26-61(41)48(65)45(51(3,4)5)59-42(62)31-66-27-12-10-11-25-56-38-22-19-36(20-23-38)46(63)60-49-52(6,7)50(53(49,8)9)67-39-24-21-37(29-55)40(54)28-39/h15-24,28,32-33,41,45,49-50,56H,10-14,25-27,30-31H2,1-9H3,(H,57,64)(H,59,62)(H,60,63)/t41-,45?,49-,50-/m0/s1. The number of hydrogen-bond donors (Lipinski definition) is 4. The normalized spacial score (nSPS) is 18.8. The van der Waals surface area contributed by atoms with Crippen LogP contribution in [0.4, 0.5) is 5.69 Å². The van der Waals surface area contributed by atoms with Gasteiger partial charge >= 0.3 is 0 Å². The number of aromatic nitrogens is 1. The molecule has 2 fully saturated rings. The zero-order valence-electron chi connectivity index (χ0n) is 41.0. The largest absolute Gasteiger partial charge is 0.489 e. The Morgan fingerprint density at radius 2 is 1.68 bits per heavy atom. The molecule has 2 atom stereocenters. The van der Waals surface area contributed by atoms with Gasteiger partial charge in [-0.05, 0) is 91.0 Å². The van der Waals surface area contributed by atoms with Crippen molar-refractivity contribution in [2.24, 2.45) is 16.2 Å². The summed E-state index contributed by atoms with van der Waals surface area (Å²) in [6, 6.07) is 21.1. The van der Waals surface area contributed by atoms with Crippen molar-refractivity contribution in [1.29, 1.82) is 5.26 Å². The second kappa shape index (κ2) is 22.3. The summed E-state index contributed by atoms with van der Waals surface area (Å²) in [6.07, 6.45) is 3.59. The third-order valence-electron chi connectivity index (χ3n) is 13.2. The van der Waals surface area contributed by atoms with E-state index in [9.17, 15) is 24.4 Å². The highest BCUT2D eigenvalue weighted by Crippen LogP contribution is 2.55. The van der Waals surface area contributed by atoms with Gasteiger partial charge in [0.25, 0.3) is 5.91 Å². The zero-order valence-corrected chi connectivity index (χ0v) is 42.5. The molecule has 13 nitrogen and oxygen atoms in total. The molecule has 1 unspecified atom stereocenters. The van der Waals surface area contributed by atoms with Crippen LogP contribution in [0, 0.1) is 27.6 Å². The maximum Gasteiger partial charge on any atom is 0.251 e. The van der Waals surface area contributed by atoms with Gasteiger partial charge in [-0.3, -0.25) is 19.2 Å². The van der Waals surface area contributed by atoms with Gasteiger partial charge in [-0.2, -0.15) is 5.26 Å². The SMILES string of the molecule is CC(C)c1ncsc1-c1ccc(CNC(=O)[C@@H]2CCCN2C(=O)C(NC(=O)COCCCCCNc2ccc(C(=O)N[C@H]3C(C)(C)[C@H](Oc4ccc(C#N)c(Cl)c4)C3(C)C)cc2)C(C)(C)C)cc1. The minimum atomic E-state index is -0.825. The van der Waals surface area contributed by atoms with Gasteiger partial charge in [0.05, 0.1) is 26.7 Å². The van der Waals surface area contributed by atoms with Crippen molar-refractivity contribution in [2.75, 3.05) is 31.6 Å². The molecule has 4 N–H and O–H groups in total. The Bertz CT molecular complexity index is 2420. The fourth-order valence-corrected chi connectivity index (χ4v) is 10.9. The van der Waals surface area contributed by atoms with Gasteiger partial charge in [0.2, 0.25) is 17.7 Å². The summed E-state index contributed by atoms with van der Waals surface area (Å²) in [5.41, 5.74) is 5.55. The van der Waals surface area contributed by atoms with Crippen LogP contribution in [0.3, 0.4) is 0 Å². The van der Waals surface area contributed by atoms with Crippen molar-refractivity contribution in [3.63, 3.8) is 0 Å². The van der Waals surface area contributed by atoms with E-state index in [1.54, 1.807) is 34.4 Å². The molecular weight excluding hydrogens is 898 g/mol. The molecule has 1 saturated heterocycles. The van der Waals surface area contributed by atoms with Crippen LogP contribution < -0.4 is 26.0 Å². The molecule has 0 spiro atoms. The number of anilines is 1. The zero-order chi connectivity index (χ0) is 49.4. The molecule has 364 valence electrons. The first-order valence-corrected chi connectivity index (χ1v) is 25.0. The Morgan fingerprint density at radius 3 is 2.32 bits per heavy atom. The molecular formula is C53H68ClN7O6S. The van der Waals surface area contributed by atoms with Crippen molar-refractivity contribution < 1.29 is 28.7 Å². The predicted molar refractivity (Wildman–Crippen MR) is 269 cm³/mol. The van der Waals surface area contributed by atoms with E-state index in [1.165, 1.54) is 0 Å². The van der Waals surface area contributed by atoms with Crippen LogP contribution in [0.25, 0.3) is 10.4 Å². The van der Waals surface area contributed by atoms with Crippen LogP contribution in [0.5, 0.6) is 5.75 Å². The van der Waals surface area contributed by atoms with Crippen LogP contribution in [0.1, 0.15) is 128 Å². The number of ether oxygens (including phenoxy) is 2. The van der Waals surface area contributed by atoms with E-state index in [4.69, 9.17) is 21.1 Å². The Morgan fingerprint density at radius 1 is 0.971 bits per heavy atom. The van der Waals surface area contributed by atoms with Crippen LogP contribution in [-0.2, 0) is 25.7 Å². The number of carbonyl (C=O) groups is 4. The second-order valence-corrected chi connectivity index (χ2v) is 21.9. The average molecular weight is 967 g/mol. The highest BCUT2D eigenvalue weighted by Gasteiger charge is 2.64. The summed E-state index contributed by atoms with van der Waals surface area (Å²) in [5.74, 6) is -0.0782. The van der Waals surface area contributed by atoms with Crippen molar-refractivity contribution >= 4 is 52.3 Å². The van der Waals surface area contributed by atoms with Gasteiger partial charge in [0, 0.05) is 60.4 Å². The minimum absolute atomic E-state index is 0.147. The van der Waals surface area contributed by atoms with Gasteiger partial charge in [0.1, 0.15) is 36.6 Å². The quantitative estimate of drug-likeness (QED) is 0.0629. The predicted octanol–water partition coefficient (Wildman–Crippen LogP) is 9.51. The fraction of sp³-hybridized carbons (Fsp3) is 0.509. The number of rotatable bonds is 20. The van der Waals surface area contributed by atoms with Gasteiger partial charge in [0.15, 0.2) is 0 Å². The number of nitrogens with zero attached hydrogens (tertiary/aromatic N) is 3. The van der Waals surface area contributed by atoms with Crippen LogP contribution in [0.2, 0.25) is 5.02 Å². The highest BCUT2D eigenvalue weighted by molar-refractivity contribution is 7.13. The summed E-state index contributed by atoms with van der Waals surface area (Å²) < 4.78 is 12.1. The molecule has 1 aliphatic heterocycles. The number of nitriles is 1. The Hall–Kier alpha value is -5.49. The Kier molecular flexibility index (Phi) is 17.0. The number of thiazole rings is 1. The number of amides is 4. The summed E-state index contributed by atoms with van der Waals surface area (Å²) in [5, 5.41) is 22.2. The fourth-order valence-electron chi connectivity index (χ4n) is 9.74. The number of likely N-dealkylation sites (tertiary alicyclic amines) is 1. The van der Waals surface area contributed by atoms with E-state index in [1.807, 2.05) is 62.7 Å². The molecule has 15 heteroatoms. The smallest absolute Gasteiger partial charge is 0.251 e. The third kappa shape index (κ3) is 12.4. The topological polar surface area (TPSA) is 175 Å². The number of nitrogens with one attached hydrogen (secondary N) is 4.